The third-order valence-corrected chi connectivity index (χ3v) is 5.55. The summed E-state index contributed by atoms with van der Waals surface area (Å²) < 4.78 is 0. The molecule has 29 heavy (non-hydrogen) atoms. The van der Waals surface area contributed by atoms with Crippen LogP contribution in [0.2, 0.25) is 0 Å². The van der Waals surface area contributed by atoms with Crippen LogP contribution in [0.25, 0.3) is 5.32 Å². The Labute approximate surface area is 189 Å². The Balaban J connectivity index is 0.000000445. The second kappa shape index (κ2) is 12.7. The van der Waals surface area contributed by atoms with Gasteiger partial charge >= 0.3 is 16.5 Å². The molecule has 1 unspecified atom stereocenters. The Morgan fingerprint density at radius 2 is 1.24 bits per heavy atom. The molecule has 0 amide bonds. The maximum atomic E-state index is 5.06. The molecule has 0 saturated heterocycles. The van der Waals surface area contributed by atoms with E-state index in [1.807, 2.05) is 30.3 Å². The van der Waals surface area contributed by atoms with E-state index in [-0.39, 0.29) is 16.5 Å². The zero-order valence-corrected chi connectivity index (χ0v) is 20.0. The summed E-state index contributed by atoms with van der Waals surface area (Å²) in [5.41, 5.74) is 6.05. The van der Waals surface area contributed by atoms with Crippen LogP contribution in [0.1, 0.15) is 56.2 Å². The molecule has 0 radical (unpaired) electrons. The minimum Gasteiger partial charge on any atom is -0.657 e. The van der Waals surface area contributed by atoms with E-state index in [2.05, 4.69) is 83.7 Å². The Bertz CT molecular complexity index is 833. The van der Waals surface area contributed by atoms with Crippen molar-refractivity contribution in [1.29, 1.82) is 0 Å². The van der Waals surface area contributed by atoms with Crippen LogP contribution in [0.3, 0.4) is 0 Å². The van der Waals surface area contributed by atoms with E-state index in [1.54, 1.807) is 0 Å². The zero-order valence-electron chi connectivity index (χ0n) is 18.1. The molecule has 0 aliphatic carbocycles. The van der Waals surface area contributed by atoms with Crippen molar-refractivity contribution < 1.29 is 16.5 Å². The minimum absolute atomic E-state index is 0. The Kier molecular flexibility index (Phi) is 11.1. The molecular formula is C26H32NNiP. The van der Waals surface area contributed by atoms with Crippen LogP contribution in [0.4, 0.5) is 11.4 Å². The van der Waals surface area contributed by atoms with Gasteiger partial charge in [0, 0.05) is 0 Å². The van der Waals surface area contributed by atoms with Gasteiger partial charge < -0.3 is 5.32 Å². The molecule has 0 aliphatic rings. The van der Waals surface area contributed by atoms with Crippen LogP contribution in [0, 0.1) is 6.92 Å². The monoisotopic (exact) mass is 447 g/mol. The van der Waals surface area contributed by atoms with Crippen LogP contribution >= 0.6 is 8.58 Å². The topological polar surface area (TPSA) is 14.1 Å². The Morgan fingerprint density at radius 3 is 1.69 bits per heavy atom. The summed E-state index contributed by atoms with van der Waals surface area (Å²) in [7, 11) is 0.769. The van der Waals surface area contributed by atoms with Gasteiger partial charge in [-0.05, 0) is 23.8 Å². The molecule has 3 aromatic rings. The smallest absolute Gasteiger partial charge is 0.657 e. The normalized spacial score (nSPS) is 10.6. The molecular weight excluding hydrogens is 416 g/mol. The van der Waals surface area contributed by atoms with Gasteiger partial charge in [0.15, 0.2) is 0 Å². The molecule has 0 aromatic heterocycles. The van der Waals surface area contributed by atoms with Gasteiger partial charge in [-0.2, -0.15) is 24.6 Å². The first-order chi connectivity index (χ1) is 13.4. The van der Waals surface area contributed by atoms with Crippen molar-refractivity contribution in [2.75, 3.05) is 6.66 Å². The third kappa shape index (κ3) is 7.54. The molecule has 1 nitrogen and oxygen atoms in total. The standard InChI is InChI=1S/C19H25NP.C7H7.Ni/c1-13(2)15-9-8-10-16(14(3)4)19(15)20-17-11-6-7-12-18(17)21-5;1-7-5-3-2-4-6-7;/h6-14,21H,1-5H3;2-6H,1H2;/q2*-1;+2. The molecule has 0 spiro atoms. The maximum Gasteiger partial charge on any atom is 2.00 e. The average molecular weight is 448 g/mol. The fraction of sp³-hybridized carbons (Fsp3) is 0.269. The number of hydrogen-bond acceptors (Lipinski definition) is 0. The van der Waals surface area contributed by atoms with Crippen molar-refractivity contribution in [2.45, 2.75) is 39.5 Å². The molecule has 0 saturated carbocycles. The van der Waals surface area contributed by atoms with E-state index < -0.39 is 0 Å². The van der Waals surface area contributed by atoms with Gasteiger partial charge in [-0.25, -0.2) is 0 Å². The number of para-hydroxylation sites is 2. The van der Waals surface area contributed by atoms with E-state index >= 15 is 0 Å². The molecule has 3 aromatic carbocycles. The first kappa shape index (κ1) is 25.3. The molecule has 0 N–H and O–H groups in total. The van der Waals surface area contributed by atoms with Gasteiger partial charge in [-0.15, -0.1) is 23.5 Å². The fourth-order valence-electron chi connectivity index (χ4n) is 3.02. The van der Waals surface area contributed by atoms with Crippen molar-refractivity contribution in [3.05, 3.63) is 102 Å². The predicted molar refractivity (Wildman–Crippen MR) is 129 cm³/mol. The fourth-order valence-corrected chi connectivity index (χ4v) is 3.68. The van der Waals surface area contributed by atoms with Gasteiger partial charge in [-0.3, -0.25) is 0 Å². The van der Waals surface area contributed by atoms with Gasteiger partial charge in [0.25, 0.3) is 0 Å². The van der Waals surface area contributed by atoms with Gasteiger partial charge in [0.05, 0.1) is 0 Å². The van der Waals surface area contributed by atoms with Crippen molar-refractivity contribution in [3.63, 3.8) is 0 Å². The van der Waals surface area contributed by atoms with Crippen LogP contribution < -0.4 is 5.30 Å². The SMILES string of the molecule is CPc1ccccc1[N-]c1c(C(C)C)cccc1C(C)C.[CH2-]c1ccccc1.[Ni+2]. The van der Waals surface area contributed by atoms with Gasteiger partial charge in [0.1, 0.15) is 0 Å². The van der Waals surface area contributed by atoms with E-state index in [0.29, 0.717) is 11.8 Å². The van der Waals surface area contributed by atoms with E-state index in [0.717, 1.165) is 19.8 Å². The summed E-state index contributed by atoms with van der Waals surface area (Å²) in [4.78, 5) is 0. The summed E-state index contributed by atoms with van der Waals surface area (Å²) in [6.07, 6.45) is 0. The molecule has 3 rings (SSSR count). The molecule has 156 valence electrons. The minimum atomic E-state index is 0. The Hall–Kier alpha value is -1.75. The predicted octanol–water partition coefficient (Wildman–Crippen LogP) is 8.07. The zero-order chi connectivity index (χ0) is 20.5. The Morgan fingerprint density at radius 1 is 0.724 bits per heavy atom. The van der Waals surface area contributed by atoms with E-state index in [4.69, 9.17) is 5.32 Å². The third-order valence-electron chi connectivity index (χ3n) is 4.59. The summed E-state index contributed by atoms with van der Waals surface area (Å²) in [6, 6.07) is 25.0. The molecule has 0 bridgehead atoms. The molecule has 1 atom stereocenters. The first-order valence-electron chi connectivity index (χ1n) is 9.92. The number of nitrogens with zero attached hydrogens (tertiary/aromatic N) is 1. The average Bonchev–Trinajstić information content (AvgIpc) is 2.69. The number of rotatable bonds is 5. The van der Waals surface area contributed by atoms with Crippen molar-refractivity contribution in [3.8, 4) is 0 Å². The molecule has 0 heterocycles. The molecule has 0 fully saturated rings. The number of benzene rings is 3. The molecule has 3 heteroatoms. The largest absolute Gasteiger partial charge is 2.00 e. The van der Waals surface area contributed by atoms with Gasteiger partial charge in [0.2, 0.25) is 0 Å². The summed E-state index contributed by atoms with van der Waals surface area (Å²) in [6.45, 7) is 14.9. The van der Waals surface area contributed by atoms with Crippen molar-refractivity contribution >= 4 is 25.3 Å². The summed E-state index contributed by atoms with van der Waals surface area (Å²) >= 11 is 0. The molecule has 0 aliphatic heterocycles. The van der Waals surface area contributed by atoms with Crippen LogP contribution in [0.5, 0.6) is 0 Å². The quantitative estimate of drug-likeness (QED) is 0.213. The summed E-state index contributed by atoms with van der Waals surface area (Å²) in [5, 5.41) is 6.40. The summed E-state index contributed by atoms with van der Waals surface area (Å²) in [5.74, 6) is 0.970. The van der Waals surface area contributed by atoms with E-state index in [9.17, 15) is 0 Å². The van der Waals surface area contributed by atoms with Crippen LogP contribution in [-0.2, 0) is 16.5 Å². The van der Waals surface area contributed by atoms with E-state index in [1.165, 1.54) is 22.1 Å². The van der Waals surface area contributed by atoms with Gasteiger partial charge in [-0.1, -0.05) is 95.9 Å². The first-order valence-corrected chi connectivity index (χ1v) is 11.4. The van der Waals surface area contributed by atoms with Crippen LogP contribution in [0.15, 0.2) is 72.8 Å². The maximum absolute atomic E-state index is 5.06. The van der Waals surface area contributed by atoms with Crippen molar-refractivity contribution in [1.82, 2.24) is 0 Å². The van der Waals surface area contributed by atoms with Crippen molar-refractivity contribution in [2.24, 2.45) is 0 Å². The second-order valence-corrected chi connectivity index (χ2v) is 8.50. The van der Waals surface area contributed by atoms with Crippen LogP contribution in [-0.4, -0.2) is 6.66 Å². The second-order valence-electron chi connectivity index (χ2n) is 7.46. The number of hydrogen-bond donors (Lipinski definition) is 0.